The van der Waals surface area contributed by atoms with E-state index in [-0.39, 0.29) is 18.4 Å². The summed E-state index contributed by atoms with van der Waals surface area (Å²) in [6.07, 6.45) is -1.35. The van der Waals surface area contributed by atoms with Crippen LogP contribution < -0.4 is 10.2 Å². The zero-order valence-corrected chi connectivity index (χ0v) is 15.7. The lowest BCUT2D eigenvalue weighted by Crippen LogP contribution is -2.38. The van der Waals surface area contributed by atoms with Gasteiger partial charge < -0.3 is 14.6 Å². The van der Waals surface area contributed by atoms with Crippen LogP contribution in [-0.2, 0) is 17.4 Å². The molecule has 6 nitrogen and oxygen atoms in total. The molecule has 0 aliphatic carbocycles. The summed E-state index contributed by atoms with van der Waals surface area (Å²) in [6, 6.07) is 6.39. The molecule has 2 aromatic heterocycles. The van der Waals surface area contributed by atoms with Gasteiger partial charge in [-0.25, -0.2) is 4.98 Å². The van der Waals surface area contributed by atoms with Crippen molar-refractivity contribution in [3.05, 3.63) is 53.7 Å². The maximum absolute atomic E-state index is 12.9. The third-order valence-corrected chi connectivity index (χ3v) is 4.89. The van der Waals surface area contributed by atoms with Gasteiger partial charge in [0.2, 0.25) is 5.91 Å². The van der Waals surface area contributed by atoms with Crippen LogP contribution in [0.3, 0.4) is 0 Å². The van der Waals surface area contributed by atoms with Crippen LogP contribution in [0.5, 0.6) is 0 Å². The number of carbonyl (C=O) groups excluding carboxylic acids is 1. The first-order valence-electron chi connectivity index (χ1n) is 9.20. The Kier molecular flexibility index (Phi) is 4.89. The van der Waals surface area contributed by atoms with Crippen LogP contribution in [0.25, 0.3) is 11.1 Å². The molecule has 1 atom stereocenters. The second kappa shape index (κ2) is 7.38. The first-order valence-corrected chi connectivity index (χ1v) is 9.20. The van der Waals surface area contributed by atoms with Crippen molar-refractivity contribution in [1.82, 2.24) is 15.3 Å². The van der Waals surface area contributed by atoms with E-state index in [1.807, 2.05) is 12.1 Å². The van der Waals surface area contributed by atoms with E-state index < -0.39 is 11.7 Å². The molecule has 0 bridgehead atoms. The summed E-state index contributed by atoms with van der Waals surface area (Å²) in [5.74, 6) is 0.426. The number of aromatic nitrogens is 2. The smallest absolute Gasteiger partial charge is 0.417 e. The van der Waals surface area contributed by atoms with Crippen molar-refractivity contribution >= 4 is 22.7 Å². The first-order chi connectivity index (χ1) is 13.8. The lowest BCUT2D eigenvalue weighted by Gasteiger charge is -2.20. The number of nitrogens with zero attached hydrogens (tertiary/aromatic N) is 3. The van der Waals surface area contributed by atoms with Gasteiger partial charge in [-0.3, -0.25) is 9.78 Å². The molecule has 29 heavy (non-hydrogen) atoms. The first kappa shape index (κ1) is 19.2. The second-order valence-electron chi connectivity index (χ2n) is 7.14. The highest BCUT2D eigenvalue weighted by Gasteiger charge is 2.32. The Labute approximate surface area is 164 Å². The molecule has 1 saturated heterocycles. The zero-order chi connectivity index (χ0) is 20.6. The molecule has 1 amide bonds. The summed E-state index contributed by atoms with van der Waals surface area (Å²) in [6.45, 7) is 2.76. The normalized spacial score (nSPS) is 17.1. The van der Waals surface area contributed by atoms with Crippen molar-refractivity contribution < 1.29 is 22.4 Å². The number of fused-ring (bicyclic) bond motifs is 1. The third kappa shape index (κ3) is 4.33. The number of carbonyl (C=O) groups is 1. The monoisotopic (exact) mass is 404 g/mol. The highest BCUT2D eigenvalue weighted by atomic mass is 19.4. The summed E-state index contributed by atoms with van der Waals surface area (Å²) in [4.78, 5) is 22.2. The fraction of sp³-hybridized carbons (Fsp3) is 0.350. The molecule has 1 aliphatic rings. The Hall–Kier alpha value is -3.10. The molecule has 1 fully saturated rings. The van der Waals surface area contributed by atoms with E-state index in [0.29, 0.717) is 42.2 Å². The van der Waals surface area contributed by atoms with Crippen molar-refractivity contribution in [1.29, 1.82) is 0 Å². The predicted molar refractivity (Wildman–Crippen MR) is 100 cm³/mol. The van der Waals surface area contributed by atoms with Gasteiger partial charge >= 0.3 is 6.18 Å². The van der Waals surface area contributed by atoms with E-state index in [2.05, 4.69) is 15.3 Å². The number of oxazole rings is 1. The van der Waals surface area contributed by atoms with Gasteiger partial charge in [0, 0.05) is 32.3 Å². The van der Waals surface area contributed by atoms with Gasteiger partial charge in [0.05, 0.1) is 23.9 Å². The summed E-state index contributed by atoms with van der Waals surface area (Å²) in [5, 5.41) is 2.96. The number of hydrogen-bond acceptors (Lipinski definition) is 5. The predicted octanol–water partition coefficient (Wildman–Crippen LogP) is 3.49. The second-order valence-corrected chi connectivity index (χ2v) is 7.14. The fourth-order valence-corrected chi connectivity index (χ4v) is 3.53. The minimum absolute atomic E-state index is 0.130. The van der Waals surface area contributed by atoms with Crippen LogP contribution in [0.1, 0.15) is 23.4 Å². The molecule has 1 N–H and O–H groups in total. The number of amides is 1. The largest absolute Gasteiger partial charge is 0.441 e. The van der Waals surface area contributed by atoms with Crippen LogP contribution >= 0.6 is 0 Å². The van der Waals surface area contributed by atoms with Crippen LogP contribution in [0.2, 0.25) is 0 Å². The molecule has 4 rings (SSSR count). The lowest BCUT2D eigenvalue weighted by molar-refractivity contribution is -0.137. The van der Waals surface area contributed by atoms with Gasteiger partial charge in [0.1, 0.15) is 5.52 Å². The summed E-state index contributed by atoms with van der Waals surface area (Å²) >= 11 is 0. The number of alkyl halides is 3. The molecule has 9 heteroatoms. The minimum atomic E-state index is -4.43. The number of benzene rings is 1. The highest BCUT2D eigenvalue weighted by molar-refractivity contribution is 5.81. The summed E-state index contributed by atoms with van der Waals surface area (Å²) in [7, 11) is 0. The number of anilines is 1. The Morgan fingerprint density at radius 3 is 2.93 bits per heavy atom. The molecule has 3 heterocycles. The molecule has 1 aromatic carbocycles. The van der Waals surface area contributed by atoms with Crippen LogP contribution in [0, 0.1) is 6.92 Å². The Morgan fingerprint density at radius 1 is 1.31 bits per heavy atom. The van der Waals surface area contributed by atoms with Gasteiger partial charge in [-0.15, -0.1) is 0 Å². The van der Waals surface area contributed by atoms with Gasteiger partial charge in [0.15, 0.2) is 11.5 Å². The van der Waals surface area contributed by atoms with E-state index in [9.17, 15) is 18.0 Å². The highest BCUT2D eigenvalue weighted by Crippen LogP contribution is 2.31. The van der Waals surface area contributed by atoms with Crippen LogP contribution in [0.15, 0.2) is 41.1 Å². The van der Waals surface area contributed by atoms with Gasteiger partial charge in [-0.2, -0.15) is 13.2 Å². The average Bonchev–Trinajstić information content (AvgIpc) is 3.26. The van der Waals surface area contributed by atoms with Crippen LogP contribution in [-0.4, -0.2) is 35.0 Å². The maximum atomic E-state index is 12.9. The average molecular weight is 404 g/mol. The summed E-state index contributed by atoms with van der Waals surface area (Å²) < 4.78 is 44.1. The third-order valence-electron chi connectivity index (χ3n) is 4.89. The zero-order valence-electron chi connectivity index (χ0n) is 15.7. The molecular weight excluding hydrogens is 385 g/mol. The molecular formula is C20H19F3N4O2. The van der Waals surface area contributed by atoms with E-state index in [0.717, 1.165) is 17.8 Å². The number of rotatable bonds is 4. The quantitative estimate of drug-likeness (QED) is 0.721. The van der Waals surface area contributed by atoms with Gasteiger partial charge in [0.25, 0.3) is 0 Å². The van der Waals surface area contributed by atoms with Crippen molar-refractivity contribution in [3.8, 4) is 0 Å². The van der Waals surface area contributed by atoms with Crippen molar-refractivity contribution in [2.45, 2.75) is 32.0 Å². The van der Waals surface area contributed by atoms with Crippen molar-refractivity contribution in [3.63, 3.8) is 0 Å². The Balaban J connectivity index is 1.36. The summed E-state index contributed by atoms with van der Waals surface area (Å²) in [5.41, 5.74) is 1.83. The molecule has 3 aromatic rings. The molecule has 0 radical (unpaired) electrons. The minimum Gasteiger partial charge on any atom is -0.441 e. The number of hydrogen-bond donors (Lipinski definition) is 1. The van der Waals surface area contributed by atoms with E-state index in [1.54, 1.807) is 17.9 Å². The molecule has 0 saturated carbocycles. The van der Waals surface area contributed by atoms with Gasteiger partial charge in [-0.05, 0) is 30.2 Å². The fourth-order valence-electron chi connectivity index (χ4n) is 3.53. The van der Waals surface area contributed by atoms with E-state index >= 15 is 0 Å². The molecule has 152 valence electrons. The maximum Gasteiger partial charge on any atom is 0.417 e. The topological polar surface area (TPSA) is 71.3 Å². The van der Waals surface area contributed by atoms with Crippen LogP contribution in [0.4, 0.5) is 18.9 Å². The van der Waals surface area contributed by atoms with E-state index in [4.69, 9.17) is 4.42 Å². The van der Waals surface area contributed by atoms with Crippen molar-refractivity contribution in [2.75, 3.05) is 18.0 Å². The Morgan fingerprint density at radius 2 is 2.14 bits per heavy atom. The van der Waals surface area contributed by atoms with Crippen molar-refractivity contribution in [2.24, 2.45) is 0 Å². The molecule has 0 unspecified atom stereocenters. The number of halogens is 3. The Bertz CT molecular complexity index is 1050. The van der Waals surface area contributed by atoms with Gasteiger partial charge in [-0.1, -0.05) is 6.07 Å². The standard InChI is InChI=1S/C20H19F3N4O2/c1-12-25-17-6-13(2-3-18(17)29-12)7-19(28)26-15-4-5-27(11-15)16-8-14(9-24-10-16)20(21,22)23/h2-3,6,8-10,15H,4-5,7,11H2,1H3,(H,26,28)/t15-/m1/s1. The SMILES string of the molecule is Cc1nc2cc(CC(=O)N[C@@H]3CCN(c4cncc(C(F)(F)F)c4)C3)ccc2o1. The molecule has 1 aliphatic heterocycles. The number of pyridine rings is 1. The number of aryl methyl sites for hydroxylation is 1. The lowest BCUT2D eigenvalue weighted by atomic mass is 10.1. The number of nitrogens with one attached hydrogen (secondary N) is 1. The molecule has 0 spiro atoms. The van der Waals surface area contributed by atoms with E-state index in [1.165, 1.54) is 6.20 Å².